The van der Waals surface area contributed by atoms with E-state index in [1.807, 2.05) is 4.90 Å². The number of alkyl halides is 4. The van der Waals surface area contributed by atoms with Crippen LogP contribution >= 0.6 is 11.3 Å². The first-order valence-corrected chi connectivity index (χ1v) is 16.9. The van der Waals surface area contributed by atoms with Crippen LogP contribution in [0.3, 0.4) is 0 Å². The van der Waals surface area contributed by atoms with Crippen molar-refractivity contribution in [3.05, 3.63) is 53.6 Å². The number of carbonyl (C=O) groups excluding carboxylic acids is 1. The number of nitriles is 1. The zero-order valence-corrected chi connectivity index (χ0v) is 27.6. The minimum absolute atomic E-state index is 0.101. The highest BCUT2D eigenvalue weighted by Gasteiger charge is 2.49. The van der Waals surface area contributed by atoms with Crippen LogP contribution in [0.5, 0.6) is 11.9 Å². The van der Waals surface area contributed by atoms with Crippen LogP contribution in [0.4, 0.5) is 31.3 Å². The molecule has 17 heteroatoms. The summed E-state index contributed by atoms with van der Waals surface area (Å²) in [6.07, 6.45) is -4.53. The van der Waals surface area contributed by atoms with Crippen molar-refractivity contribution >= 4 is 43.2 Å². The van der Waals surface area contributed by atoms with Gasteiger partial charge in [0.2, 0.25) is 11.8 Å². The summed E-state index contributed by atoms with van der Waals surface area (Å²) in [6, 6.07) is 2.77. The van der Waals surface area contributed by atoms with Crippen LogP contribution in [-0.4, -0.2) is 87.5 Å². The molecule has 51 heavy (non-hydrogen) atoms. The maximum absolute atomic E-state index is 17.0. The summed E-state index contributed by atoms with van der Waals surface area (Å²) in [4.78, 5) is 24.1. The van der Waals surface area contributed by atoms with Gasteiger partial charge in [-0.1, -0.05) is 12.6 Å². The lowest BCUT2D eigenvalue weighted by Crippen LogP contribution is -2.43. The lowest BCUT2D eigenvalue weighted by atomic mass is 9.92. The molecule has 4 atom stereocenters. The Labute approximate surface area is 290 Å². The topological polar surface area (TPSA) is 138 Å². The van der Waals surface area contributed by atoms with E-state index in [-0.39, 0.29) is 53.2 Å². The predicted octanol–water partition coefficient (Wildman–Crippen LogP) is 5.74. The first-order valence-electron chi connectivity index (χ1n) is 16.0. The van der Waals surface area contributed by atoms with Crippen molar-refractivity contribution < 1.29 is 45.7 Å². The summed E-state index contributed by atoms with van der Waals surface area (Å²) < 4.78 is 103. The molecular formula is C34H30F6N6O4S. The van der Waals surface area contributed by atoms with Gasteiger partial charge in [0.05, 0.1) is 39.4 Å². The van der Waals surface area contributed by atoms with Crippen molar-refractivity contribution in [1.29, 1.82) is 5.26 Å². The molecule has 0 aliphatic carbocycles. The molecule has 3 saturated heterocycles. The number of carbonyl (C=O) groups is 1. The first kappa shape index (κ1) is 34.8. The van der Waals surface area contributed by atoms with Gasteiger partial charge >= 0.3 is 12.2 Å². The van der Waals surface area contributed by atoms with E-state index in [0.717, 1.165) is 24.6 Å². The highest BCUT2D eigenvalue weighted by Crippen LogP contribution is 2.48. The summed E-state index contributed by atoms with van der Waals surface area (Å²) in [6.45, 7) is 3.75. The number of amides is 1. The predicted molar refractivity (Wildman–Crippen MR) is 175 cm³/mol. The molecule has 2 aromatic carbocycles. The average molecular weight is 733 g/mol. The first-order chi connectivity index (χ1) is 24.3. The number of hydrogen-bond donors (Lipinski definition) is 2. The summed E-state index contributed by atoms with van der Waals surface area (Å²) in [5, 5.41) is 19.0. The fourth-order valence-corrected chi connectivity index (χ4v) is 8.64. The van der Waals surface area contributed by atoms with E-state index >= 15 is 4.39 Å². The fraction of sp³-hybridized carbons (Fsp3) is 0.412. The van der Waals surface area contributed by atoms with Crippen LogP contribution in [0.1, 0.15) is 36.8 Å². The highest BCUT2D eigenvalue weighted by atomic mass is 32.1. The maximum atomic E-state index is 17.0. The van der Waals surface area contributed by atoms with Gasteiger partial charge in [0.15, 0.2) is 5.82 Å². The molecule has 4 unspecified atom stereocenters. The molecule has 0 radical (unpaired) electrons. The number of rotatable bonds is 8. The third-order valence-electron chi connectivity index (χ3n) is 10.0. The van der Waals surface area contributed by atoms with Gasteiger partial charge in [0.25, 0.3) is 0 Å². The number of nitrogen functional groups attached to an aromatic ring is 1. The normalized spacial score (nSPS) is 23.6. The summed E-state index contributed by atoms with van der Waals surface area (Å²) in [5.74, 6) is -3.37. The quantitative estimate of drug-likeness (QED) is 0.172. The molecule has 0 saturated carbocycles. The Balaban J connectivity index is 1.43. The SMILES string of the molecule is C=CC(=O)N1CCC(Oc2nc(OCC34CCCN3CC(F)C4)nc3c(F)c(-c4ccc(F)c5sc(N)c(C#N)c45)c(C(F)(F)F)cc23)C1CO. The highest BCUT2D eigenvalue weighted by molar-refractivity contribution is 7.23. The van der Waals surface area contributed by atoms with Crippen molar-refractivity contribution in [3.8, 4) is 29.1 Å². The maximum Gasteiger partial charge on any atom is 0.417 e. The second-order valence-electron chi connectivity index (χ2n) is 12.9. The van der Waals surface area contributed by atoms with Crippen molar-refractivity contribution in [2.75, 3.05) is 38.6 Å². The number of fused-ring (bicyclic) bond motifs is 3. The van der Waals surface area contributed by atoms with Gasteiger partial charge in [-0.3, -0.25) is 9.69 Å². The van der Waals surface area contributed by atoms with Crippen LogP contribution in [0, 0.1) is 23.0 Å². The lowest BCUT2D eigenvalue weighted by molar-refractivity contribution is -0.137. The van der Waals surface area contributed by atoms with Gasteiger partial charge in [-0.2, -0.15) is 28.4 Å². The second kappa shape index (κ2) is 12.8. The molecule has 1 amide bonds. The molecule has 268 valence electrons. The van der Waals surface area contributed by atoms with Gasteiger partial charge in [-0.05, 0) is 43.2 Å². The van der Waals surface area contributed by atoms with E-state index in [4.69, 9.17) is 15.2 Å². The molecule has 0 spiro atoms. The van der Waals surface area contributed by atoms with Crippen molar-refractivity contribution in [2.45, 2.75) is 55.7 Å². The Bertz CT molecular complexity index is 2120. The van der Waals surface area contributed by atoms with E-state index in [2.05, 4.69) is 16.5 Å². The third-order valence-corrected chi connectivity index (χ3v) is 11.0. The Hall–Kier alpha value is -4.66. The van der Waals surface area contributed by atoms with Gasteiger partial charge in [0.1, 0.15) is 41.3 Å². The van der Waals surface area contributed by atoms with Crippen LogP contribution in [0.15, 0.2) is 30.9 Å². The largest absolute Gasteiger partial charge is 0.471 e. The molecule has 3 N–H and O–H groups in total. The van der Waals surface area contributed by atoms with E-state index in [1.165, 1.54) is 4.90 Å². The lowest BCUT2D eigenvalue weighted by Gasteiger charge is -2.31. The summed E-state index contributed by atoms with van der Waals surface area (Å²) in [7, 11) is 0. The van der Waals surface area contributed by atoms with Crippen LogP contribution in [0.2, 0.25) is 0 Å². The molecule has 4 aromatic rings. The number of aromatic nitrogens is 2. The zero-order chi connectivity index (χ0) is 36.4. The fourth-order valence-electron chi connectivity index (χ4n) is 7.69. The molecule has 10 nitrogen and oxygen atoms in total. The number of nitrogens with two attached hydrogens (primary N) is 1. The van der Waals surface area contributed by atoms with Crippen molar-refractivity contribution in [1.82, 2.24) is 19.8 Å². The number of anilines is 1. The van der Waals surface area contributed by atoms with Crippen molar-refractivity contribution in [3.63, 3.8) is 0 Å². The van der Waals surface area contributed by atoms with Gasteiger partial charge in [0, 0.05) is 36.9 Å². The number of aliphatic hydroxyl groups is 1. The van der Waals surface area contributed by atoms with Crippen LogP contribution < -0.4 is 15.2 Å². The summed E-state index contributed by atoms with van der Waals surface area (Å²) >= 11 is 0.642. The van der Waals surface area contributed by atoms with E-state index in [0.29, 0.717) is 30.4 Å². The molecule has 5 heterocycles. The number of benzene rings is 2. The molecule has 0 bridgehead atoms. The molecule has 3 aliphatic heterocycles. The second-order valence-corrected chi connectivity index (χ2v) is 13.9. The molecule has 2 aromatic heterocycles. The number of hydrogen-bond acceptors (Lipinski definition) is 10. The number of halogens is 6. The van der Waals surface area contributed by atoms with Crippen LogP contribution in [-0.2, 0) is 11.0 Å². The van der Waals surface area contributed by atoms with E-state index in [9.17, 15) is 37.1 Å². The number of ether oxygens (including phenoxy) is 2. The van der Waals surface area contributed by atoms with Crippen molar-refractivity contribution in [2.24, 2.45) is 0 Å². The Morgan fingerprint density at radius 3 is 2.76 bits per heavy atom. The third kappa shape index (κ3) is 5.78. The van der Waals surface area contributed by atoms with Crippen LogP contribution in [0.25, 0.3) is 32.1 Å². The number of aliphatic hydroxyl groups excluding tert-OH is 1. The monoisotopic (exact) mass is 732 g/mol. The molecule has 3 fully saturated rings. The van der Waals surface area contributed by atoms with E-state index < -0.39 is 93.7 Å². The molecular weight excluding hydrogens is 702 g/mol. The smallest absolute Gasteiger partial charge is 0.417 e. The number of nitrogens with zero attached hydrogens (tertiary/aromatic N) is 5. The minimum Gasteiger partial charge on any atom is -0.471 e. The number of likely N-dealkylation sites (tertiary alicyclic amines) is 1. The Morgan fingerprint density at radius 2 is 2.06 bits per heavy atom. The number of thiophene rings is 1. The van der Waals surface area contributed by atoms with Gasteiger partial charge in [-0.15, -0.1) is 11.3 Å². The average Bonchev–Trinajstić information content (AvgIpc) is 3.84. The van der Waals surface area contributed by atoms with Gasteiger partial charge < -0.3 is 25.2 Å². The van der Waals surface area contributed by atoms with E-state index in [1.54, 1.807) is 6.07 Å². The van der Waals surface area contributed by atoms with Gasteiger partial charge in [-0.25, -0.2) is 13.2 Å². The zero-order valence-electron chi connectivity index (χ0n) is 26.8. The minimum atomic E-state index is -5.20. The summed E-state index contributed by atoms with van der Waals surface area (Å²) in [5.41, 5.74) is 1.32. The molecule has 7 rings (SSSR count). The Kier molecular flexibility index (Phi) is 8.75. The standard InChI is InChI=1S/C34H30F6N6O4S/c1-2-24(48)46-9-6-23(22(46)14-47)50-31-18-10-20(34(38,39)40)26(17-4-5-21(36)29-25(17)19(12-41)30(42)51-29)27(37)28(18)43-32(44-31)49-15-33-7-3-8-45(33)13-16(35)11-33/h2,4-5,10,16,22-23,47H,1,3,6-9,11,13-15,42H2. The Morgan fingerprint density at radius 1 is 1.27 bits per heavy atom. The molecule has 3 aliphatic rings.